The van der Waals surface area contributed by atoms with E-state index in [1.807, 2.05) is 12.1 Å². The molecule has 0 atom stereocenters. The fraction of sp³-hybridized carbons (Fsp3) is 0.222. The number of amides is 1. The van der Waals surface area contributed by atoms with Crippen LogP contribution < -0.4 is 10.3 Å². The molecule has 1 fully saturated rings. The van der Waals surface area contributed by atoms with Crippen molar-refractivity contribution in [3.8, 4) is 0 Å². The molecule has 2 aromatic rings. The van der Waals surface area contributed by atoms with Crippen LogP contribution in [0.4, 0.5) is 11.4 Å². The largest absolute Gasteiger partial charge is 0.378 e. The maximum absolute atomic E-state index is 12.1. The number of nitrogens with zero attached hydrogens (tertiary/aromatic N) is 3. The topological polar surface area (TPSA) is 97.1 Å². The number of ether oxygens (including phenoxy) is 1. The van der Waals surface area contributed by atoms with Crippen molar-refractivity contribution < 1.29 is 14.5 Å². The Hall–Kier alpha value is -3.26. The quantitative estimate of drug-likeness (QED) is 0.504. The second-order valence-corrected chi connectivity index (χ2v) is 5.70. The van der Waals surface area contributed by atoms with Crippen molar-refractivity contribution in [2.45, 2.75) is 0 Å². The van der Waals surface area contributed by atoms with Gasteiger partial charge in [0.1, 0.15) is 0 Å². The van der Waals surface area contributed by atoms with Crippen LogP contribution in [-0.2, 0) is 4.74 Å². The lowest BCUT2D eigenvalue weighted by Gasteiger charge is -2.28. The first-order chi connectivity index (χ1) is 12.6. The van der Waals surface area contributed by atoms with Gasteiger partial charge in [0.15, 0.2) is 0 Å². The van der Waals surface area contributed by atoms with E-state index in [1.165, 1.54) is 18.3 Å². The van der Waals surface area contributed by atoms with E-state index in [9.17, 15) is 14.9 Å². The van der Waals surface area contributed by atoms with E-state index in [0.29, 0.717) is 24.3 Å². The van der Waals surface area contributed by atoms with Crippen molar-refractivity contribution in [2.24, 2.45) is 5.10 Å². The van der Waals surface area contributed by atoms with Crippen LogP contribution in [0.5, 0.6) is 0 Å². The van der Waals surface area contributed by atoms with Crippen LogP contribution in [0.15, 0.2) is 53.6 Å². The summed E-state index contributed by atoms with van der Waals surface area (Å²) in [6.07, 6.45) is 1.37. The second kappa shape index (κ2) is 8.21. The van der Waals surface area contributed by atoms with Crippen LogP contribution >= 0.6 is 0 Å². The van der Waals surface area contributed by atoms with Gasteiger partial charge in [-0.15, -0.1) is 0 Å². The molecule has 1 aliphatic heterocycles. The molecule has 1 saturated heterocycles. The molecule has 26 heavy (non-hydrogen) atoms. The minimum Gasteiger partial charge on any atom is -0.378 e. The molecule has 1 aliphatic rings. The molecule has 0 radical (unpaired) electrons. The van der Waals surface area contributed by atoms with Gasteiger partial charge < -0.3 is 9.64 Å². The second-order valence-electron chi connectivity index (χ2n) is 5.70. The molecule has 0 saturated carbocycles. The lowest BCUT2D eigenvalue weighted by molar-refractivity contribution is -0.384. The molecule has 1 amide bonds. The zero-order valence-electron chi connectivity index (χ0n) is 14.0. The summed E-state index contributed by atoms with van der Waals surface area (Å²) in [5.74, 6) is -0.347. The standard InChI is InChI=1S/C18H18N4O4/c23-18(20-19-13-14-2-1-3-17(12-14)22(24)25)15-4-6-16(7-5-15)21-8-10-26-11-9-21/h1-7,12-13H,8-11H2,(H,20,23)/b19-13+. The molecule has 1 heterocycles. The highest BCUT2D eigenvalue weighted by molar-refractivity contribution is 5.95. The maximum atomic E-state index is 12.1. The van der Waals surface area contributed by atoms with Crippen LogP contribution in [0.3, 0.4) is 0 Å². The van der Waals surface area contributed by atoms with Crippen molar-refractivity contribution in [1.82, 2.24) is 5.43 Å². The lowest BCUT2D eigenvalue weighted by atomic mass is 10.2. The minimum absolute atomic E-state index is 0.0287. The number of hydrazone groups is 1. The number of carbonyl (C=O) groups excluding carboxylic acids is 1. The summed E-state index contributed by atoms with van der Waals surface area (Å²) in [6, 6.07) is 13.3. The number of nitro groups is 1. The number of nitrogens with one attached hydrogen (secondary N) is 1. The number of hydrogen-bond donors (Lipinski definition) is 1. The third-order valence-corrected chi connectivity index (χ3v) is 3.97. The first kappa shape index (κ1) is 17.6. The van der Waals surface area contributed by atoms with Gasteiger partial charge in [0, 0.05) is 42.0 Å². The maximum Gasteiger partial charge on any atom is 0.271 e. The molecule has 0 bridgehead atoms. The Morgan fingerprint density at radius 3 is 2.62 bits per heavy atom. The Kier molecular flexibility index (Phi) is 5.55. The van der Waals surface area contributed by atoms with Crippen LogP contribution in [-0.4, -0.2) is 43.3 Å². The summed E-state index contributed by atoms with van der Waals surface area (Å²) in [4.78, 5) is 24.6. The van der Waals surface area contributed by atoms with Crippen LogP contribution in [0.2, 0.25) is 0 Å². The summed E-state index contributed by atoms with van der Waals surface area (Å²) in [7, 11) is 0. The molecular weight excluding hydrogens is 336 g/mol. The highest BCUT2D eigenvalue weighted by Gasteiger charge is 2.12. The normalized spacial score (nSPS) is 14.4. The Bertz CT molecular complexity index is 814. The number of morpholine rings is 1. The predicted octanol–water partition coefficient (Wildman–Crippen LogP) is 2.20. The molecule has 0 unspecified atom stereocenters. The number of hydrogen-bond acceptors (Lipinski definition) is 6. The zero-order valence-corrected chi connectivity index (χ0v) is 14.0. The fourth-order valence-electron chi connectivity index (χ4n) is 2.59. The fourth-order valence-corrected chi connectivity index (χ4v) is 2.59. The third-order valence-electron chi connectivity index (χ3n) is 3.97. The smallest absolute Gasteiger partial charge is 0.271 e. The molecule has 1 N–H and O–H groups in total. The monoisotopic (exact) mass is 354 g/mol. The summed E-state index contributed by atoms with van der Waals surface area (Å²) in [5, 5.41) is 14.6. The molecule has 0 aromatic heterocycles. The number of non-ortho nitro benzene ring substituents is 1. The van der Waals surface area contributed by atoms with E-state index < -0.39 is 4.92 Å². The van der Waals surface area contributed by atoms with Gasteiger partial charge in [-0.25, -0.2) is 5.43 Å². The van der Waals surface area contributed by atoms with Crippen molar-refractivity contribution >= 4 is 23.5 Å². The predicted molar refractivity (Wildman–Crippen MR) is 97.6 cm³/mol. The number of rotatable bonds is 5. The van der Waals surface area contributed by atoms with E-state index >= 15 is 0 Å². The average Bonchev–Trinajstić information content (AvgIpc) is 2.69. The van der Waals surface area contributed by atoms with Crippen molar-refractivity contribution in [1.29, 1.82) is 0 Å². The van der Waals surface area contributed by atoms with E-state index in [1.54, 1.807) is 24.3 Å². The summed E-state index contributed by atoms with van der Waals surface area (Å²) < 4.78 is 5.33. The molecular formula is C18H18N4O4. The molecule has 8 nitrogen and oxygen atoms in total. The number of carbonyl (C=O) groups is 1. The number of nitro benzene ring substituents is 1. The Morgan fingerprint density at radius 2 is 1.92 bits per heavy atom. The van der Waals surface area contributed by atoms with Crippen LogP contribution in [0, 0.1) is 10.1 Å². The van der Waals surface area contributed by atoms with Gasteiger partial charge in [-0.1, -0.05) is 12.1 Å². The highest BCUT2D eigenvalue weighted by Crippen LogP contribution is 2.16. The summed E-state index contributed by atoms with van der Waals surface area (Å²) in [5.41, 5.74) is 4.45. The third kappa shape index (κ3) is 4.42. The number of anilines is 1. The Morgan fingerprint density at radius 1 is 1.19 bits per heavy atom. The highest BCUT2D eigenvalue weighted by atomic mass is 16.6. The molecule has 134 valence electrons. The number of benzene rings is 2. The van der Waals surface area contributed by atoms with Gasteiger partial charge in [-0.3, -0.25) is 14.9 Å². The minimum atomic E-state index is -0.480. The van der Waals surface area contributed by atoms with Gasteiger partial charge in [0.2, 0.25) is 0 Å². The van der Waals surface area contributed by atoms with Crippen molar-refractivity contribution in [3.05, 3.63) is 69.8 Å². The van der Waals surface area contributed by atoms with Gasteiger partial charge >= 0.3 is 0 Å². The first-order valence-corrected chi connectivity index (χ1v) is 8.14. The van der Waals surface area contributed by atoms with Crippen LogP contribution in [0.25, 0.3) is 0 Å². The van der Waals surface area contributed by atoms with Gasteiger partial charge in [-0.05, 0) is 24.3 Å². The molecule has 0 spiro atoms. The Balaban J connectivity index is 1.59. The summed E-state index contributed by atoms with van der Waals surface area (Å²) >= 11 is 0. The first-order valence-electron chi connectivity index (χ1n) is 8.14. The summed E-state index contributed by atoms with van der Waals surface area (Å²) in [6.45, 7) is 3.07. The molecule has 2 aromatic carbocycles. The van der Waals surface area contributed by atoms with E-state index in [2.05, 4.69) is 15.4 Å². The Labute approximate surface area is 150 Å². The zero-order chi connectivity index (χ0) is 18.4. The average molecular weight is 354 g/mol. The van der Waals surface area contributed by atoms with E-state index in [-0.39, 0.29) is 11.6 Å². The van der Waals surface area contributed by atoms with E-state index in [0.717, 1.165) is 18.8 Å². The van der Waals surface area contributed by atoms with Crippen LogP contribution in [0.1, 0.15) is 15.9 Å². The van der Waals surface area contributed by atoms with Crippen molar-refractivity contribution in [2.75, 3.05) is 31.2 Å². The lowest BCUT2D eigenvalue weighted by Crippen LogP contribution is -2.36. The van der Waals surface area contributed by atoms with Crippen molar-refractivity contribution in [3.63, 3.8) is 0 Å². The molecule has 8 heteroatoms. The van der Waals surface area contributed by atoms with Gasteiger partial charge in [0.05, 0.1) is 24.4 Å². The molecule has 0 aliphatic carbocycles. The molecule has 3 rings (SSSR count). The van der Waals surface area contributed by atoms with Gasteiger partial charge in [-0.2, -0.15) is 5.10 Å². The SMILES string of the molecule is O=C(N/N=C/c1cccc([N+](=O)[O-])c1)c1ccc(N2CCOCC2)cc1. The van der Waals surface area contributed by atoms with E-state index in [4.69, 9.17) is 4.74 Å². The van der Waals surface area contributed by atoms with Gasteiger partial charge in [0.25, 0.3) is 11.6 Å².